The zero-order chi connectivity index (χ0) is 28.7. The lowest BCUT2D eigenvalue weighted by Crippen LogP contribution is -2.17. The van der Waals surface area contributed by atoms with E-state index in [0.29, 0.717) is 16.9 Å². The molecule has 2 atom stereocenters. The minimum Gasteiger partial charge on any atom is -0.489 e. The molecule has 5 rings (SSSR count). The number of carboxylic acid groups (broad SMARTS) is 1. The molecule has 0 aliphatic heterocycles. The van der Waals surface area contributed by atoms with Crippen molar-refractivity contribution in [3.05, 3.63) is 77.0 Å². The molecule has 212 valence electrons. The molecule has 0 spiro atoms. The standard InChI is InChI=1S/C33H37F2NO4/c1-32(2)10-6-9-26(32)24-14-21(28(34)15-23(24)25-16-30(39-4)36-18-29(25)35)19-40-22-8-5-7-20(13-22)27(17-31(37)38)33(3)11-12-33/h5,7-8,13-16,18,26-27H,6,9-12,17,19H2,1-4H3,(H,37,38)/t26-,27+/m1/s1. The molecule has 5 nitrogen and oxygen atoms in total. The average molecular weight is 550 g/mol. The fourth-order valence-corrected chi connectivity index (χ4v) is 6.38. The largest absolute Gasteiger partial charge is 0.489 e. The van der Waals surface area contributed by atoms with Crippen LogP contribution >= 0.6 is 0 Å². The minimum atomic E-state index is -0.822. The zero-order valence-electron chi connectivity index (χ0n) is 23.6. The van der Waals surface area contributed by atoms with Gasteiger partial charge in [0.25, 0.3) is 0 Å². The lowest BCUT2D eigenvalue weighted by atomic mass is 9.75. The van der Waals surface area contributed by atoms with Gasteiger partial charge in [0.1, 0.15) is 24.0 Å². The number of methoxy groups -OCH3 is 1. The van der Waals surface area contributed by atoms with Crippen LogP contribution in [0.5, 0.6) is 11.6 Å². The second-order valence-corrected chi connectivity index (χ2v) is 12.3. The summed E-state index contributed by atoms with van der Waals surface area (Å²) < 4.78 is 41.9. The SMILES string of the molecule is COc1cc(-c2cc(F)c(COc3cccc([C@H](CC(=O)O)C4(C)CC4)c3)cc2[C@H]2CCCC2(C)C)c(F)cn1. The number of rotatable bonds is 10. The van der Waals surface area contributed by atoms with Gasteiger partial charge >= 0.3 is 5.97 Å². The molecule has 1 aromatic heterocycles. The van der Waals surface area contributed by atoms with Crippen LogP contribution in [0.1, 0.15) is 87.8 Å². The van der Waals surface area contributed by atoms with Gasteiger partial charge in [0, 0.05) is 17.2 Å². The van der Waals surface area contributed by atoms with Crippen LogP contribution in [0, 0.1) is 22.5 Å². The summed E-state index contributed by atoms with van der Waals surface area (Å²) in [4.78, 5) is 15.5. The second-order valence-electron chi connectivity index (χ2n) is 12.3. The number of aliphatic carboxylic acids is 1. The lowest BCUT2D eigenvalue weighted by molar-refractivity contribution is -0.137. The van der Waals surface area contributed by atoms with Gasteiger partial charge in [0.2, 0.25) is 5.88 Å². The maximum Gasteiger partial charge on any atom is 0.303 e. The fraction of sp³-hybridized carbons (Fsp3) is 0.455. The van der Waals surface area contributed by atoms with Crippen LogP contribution in [0.4, 0.5) is 8.78 Å². The van der Waals surface area contributed by atoms with Crippen molar-refractivity contribution in [1.29, 1.82) is 0 Å². The van der Waals surface area contributed by atoms with Crippen LogP contribution in [0.25, 0.3) is 11.1 Å². The number of aromatic nitrogens is 1. The monoisotopic (exact) mass is 549 g/mol. The Bertz CT molecular complexity index is 1420. The molecular formula is C33H37F2NO4. The number of halogens is 2. The third kappa shape index (κ3) is 5.70. The quantitative estimate of drug-likeness (QED) is 0.276. The second kappa shape index (κ2) is 10.8. The molecule has 2 aromatic carbocycles. The highest BCUT2D eigenvalue weighted by Gasteiger charge is 2.46. The van der Waals surface area contributed by atoms with Crippen molar-refractivity contribution < 1.29 is 28.2 Å². The molecule has 40 heavy (non-hydrogen) atoms. The van der Waals surface area contributed by atoms with E-state index in [1.807, 2.05) is 30.3 Å². The number of nitrogens with zero attached hydrogens (tertiary/aromatic N) is 1. The summed E-state index contributed by atoms with van der Waals surface area (Å²) in [6, 6.07) is 12.2. The summed E-state index contributed by atoms with van der Waals surface area (Å²) in [5, 5.41) is 9.49. The summed E-state index contributed by atoms with van der Waals surface area (Å²) >= 11 is 0. The van der Waals surface area contributed by atoms with Crippen LogP contribution in [-0.4, -0.2) is 23.2 Å². The van der Waals surface area contributed by atoms with Crippen molar-refractivity contribution in [2.24, 2.45) is 10.8 Å². The molecule has 1 N–H and O–H groups in total. The van der Waals surface area contributed by atoms with Gasteiger partial charge in [-0.1, -0.05) is 39.3 Å². The van der Waals surface area contributed by atoms with Crippen molar-refractivity contribution in [1.82, 2.24) is 4.98 Å². The Morgan fingerprint density at radius 1 is 1.07 bits per heavy atom. The van der Waals surface area contributed by atoms with E-state index in [1.54, 1.807) is 0 Å². The summed E-state index contributed by atoms with van der Waals surface area (Å²) in [7, 11) is 1.47. The van der Waals surface area contributed by atoms with E-state index in [4.69, 9.17) is 9.47 Å². The Labute approximate surface area is 234 Å². The predicted molar refractivity (Wildman–Crippen MR) is 150 cm³/mol. The topological polar surface area (TPSA) is 68.7 Å². The lowest BCUT2D eigenvalue weighted by Gasteiger charge is -2.30. The third-order valence-corrected chi connectivity index (χ3v) is 9.09. The van der Waals surface area contributed by atoms with Crippen LogP contribution in [0.3, 0.4) is 0 Å². The smallest absolute Gasteiger partial charge is 0.303 e. The highest BCUT2D eigenvalue weighted by Crippen LogP contribution is 2.57. The molecule has 3 aromatic rings. The fourth-order valence-electron chi connectivity index (χ4n) is 6.38. The molecule has 0 amide bonds. The summed E-state index contributed by atoms with van der Waals surface area (Å²) in [6.45, 7) is 6.53. The molecule has 0 unspecified atom stereocenters. The number of carboxylic acids is 1. The zero-order valence-corrected chi connectivity index (χ0v) is 23.6. The van der Waals surface area contributed by atoms with E-state index in [-0.39, 0.29) is 47.1 Å². The molecule has 2 saturated carbocycles. The minimum absolute atomic E-state index is 0.00126. The maximum atomic E-state index is 15.6. The first-order valence-electron chi connectivity index (χ1n) is 14.0. The molecule has 1 heterocycles. The van der Waals surface area contributed by atoms with Gasteiger partial charge in [0.15, 0.2) is 0 Å². The van der Waals surface area contributed by atoms with E-state index >= 15 is 8.78 Å². The Kier molecular flexibility index (Phi) is 7.60. The van der Waals surface area contributed by atoms with Crippen LogP contribution in [-0.2, 0) is 11.4 Å². The van der Waals surface area contributed by atoms with Crippen molar-refractivity contribution in [2.45, 2.75) is 77.7 Å². The van der Waals surface area contributed by atoms with Gasteiger partial charge in [-0.2, -0.15) is 0 Å². The molecule has 2 aliphatic carbocycles. The van der Waals surface area contributed by atoms with Gasteiger partial charge < -0.3 is 14.6 Å². The van der Waals surface area contributed by atoms with E-state index in [9.17, 15) is 9.90 Å². The Morgan fingerprint density at radius 2 is 1.85 bits per heavy atom. The number of ether oxygens (including phenoxy) is 2. The van der Waals surface area contributed by atoms with Crippen molar-refractivity contribution >= 4 is 5.97 Å². The van der Waals surface area contributed by atoms with Gasteiger partial charge in [-0.25, -0.2) is 13.8 Å². The van der Waals surface area contributed by atoms with Gasteiger partial charge in [-0.15, -0.1) is 0 Å². The molecule has 2 aliphatic rings. The third-order valence-electron chi connectivity index (χ3n) is 9.09. The molecule has 2 fully saturated rings. The molecule has 0 radical (unpaired) electrons. The van der Waals surface area contributed by atoms with Crippen LogP contribution < -0.4 is 9.47 Å². The van der Waals surface area contributed by atoms with Crippen molar-refractivity contribution in [3.8, 4) is 22.8 Å². The Hall–Kier alpha value is -3.48. The number of hydrogen-bond acceptors (Lipinski definition) is 4. The van der Waals surface area contributed by atoms with Crippen LogP contribution in [0.15, 0.2) is 48.7 Å². The molecular weight excluding hydrogens is 512 g/mol. The number of benzene rings is 2. The highest BCUT2D eigenvalue weighted by molar-refractivity contribution is 5.70. The van der Waals surface area contributed by atoms with Gasteiger partial charge in [0.05, 0.1) is 19.7 Å². The van der Waals surface area contributed by atoms with E-state index in [0.717, 1.165) is 49.4 Å². The first kappa shape index (κ1) is 28.1. The molecule has 0 saturated heterocycles. The van der Waals surface area contributed by atoms with E-state index in [2.05, 4.69) is 25.8 Å². The summed E-state index contributed by atoms with van der Waals surface area (Å²) in [6.07, 6.45) is 6.18. The number of pyridine rings is 1. The van der Waals surface area contributed by atoms with Gasteiger partial charge in [-0.05, 0) is 89.3 Å². The number of carbonyl (C=O) groups is 1. The first-order valence-corrected chi connectivity index (χ1v) is 14.0. The van der Waals surface area contributed by atoms with Crippen LogP contribution in [0.2, 0.25) is 0 Å². The number of hydrogen-bond donors (Lipinski definition) is 1. The van der Waals surface area contributed by atoms with E-state index in [1.165, 1.54) is 19.2 Å². The predicted octanol–water partition coefficient (Wildman–Crippen LogP) is 8.27. The van der Waals surface area contributed by atoms with E-state index < -0.39 is 17.6 Å². The highest BCUT2D eigenvalue weighted by atomic mass is 19.1. The Balaban J connectivity index is 1.47. The molecule has 7 heteroatoms. The average Bonchev–Trinajstić information content (AvgIpc) is 3.57. The Morgan fingerprint density at radius 3 is 2.50 bits per heavy atom. The summed E-state index contributed by atoms with van der Waals surface area (Å²) in [5.41, 5.74) is 2.94. The molecule has 0 bridgehead atoms. The van der Waals surface area contributed by atoms with Gasteiger partial charge in [-0.3, -0.25) is 4.79 Å². The first-order chi connectivity index (χ1) is 19.0. The summed E-state index contributed by atoms with van der Waals surface area (Å²) in [5.74, 6) is -0.978. The normalized spacial score (nSPS) is 19.7. The van der Waals surface area contributed by atoms with Crippen molar-refractivity contribution in [3.63, 3.8) is 0 Å². The maximum absolute atomic E-state index is 15.6. The van der Waals surface area contributed by atoms with Crippen molar-refractivity contribution in [2.75, 3.05) is 7.11 Å².